The molecule has 2 aromatic carbocycles. The number of esters is 1. The Labute approximate surface area is 169 Å². The Morgan fingerprint density at radius 1 is 1.10 bits per heavy atom. The molecule has 0 bridgehead atoms. The maximum absolute atomic E-state index is 12.8. The number of hydrogen-bond donors (Lipinski definition) is 1. The van der Waals surface area contributed by atoms with Gasteiger partial charge < -0.3 is 10.1 Å². The lowest BCUT2D eigenvalue weighted by atomic mass is 10.2. The van der Waals surface area contributed by atoms with Crippen LogP contribution in [0.15, 0.2) is 66.7 Å². The molecule has 1 amide bonds. The Balaban J connectivity index is 1.45. The molecule has 1 atom stereocenters. The van der Waals surface area contributed by atoms with Gasteiger partial charge >= 0.3 is 5.97 Å². The zero-order valence-corrected chi connectivity index (χ0v) is 16.2. The normalized spacial score (nSPS) is 14.2. The van der Waals surface area contributed by atoms with E-state index in [4.69, 9.17) is 4.74 Å². The zero-order chi connectivity index (χ0) is 20.2. The molecule has 0 radical (unpaired) electrons. The van der Waals surface area contributed by atoms with Gasteiger partial charge in [-0.3, -0.25) is 4.79 Å². The molecule has 0 unspecified atom stereocenters. The molecule has 1 heterocycles. The van der Waals surface area contributed by atoms with Gasteiger partial charge in [-0.25, -0.2) is 9.48 Å². The first-order valence-electron chi connectivity index (χ1n) is 9.80. The number of rotatable bonds is 7. The number of hydrogen-bond acceptors (Lipinski definition) is 4. The fourth-order valence-electron chi connectivity index (χ4n) is 3.09. The number of benzene rings is 2. The molecule has 1 saturated carbocycles. The lowest BCUT2D eigenvalue weighted by Gasteiger charge is -2.14. The molecule has 6 nitrogen and oxygen atoms in total. The highest BCUT2D eigenvalue weighted by Gasteiger charge is 2.30. The van der Waals surface area contributed by atoms with E-state index in [2.05, 4.69) is 10.4 Å². The van der Waals surface area contributed by atoms with Gasteiger partial charge in [0, 0.05) is 12.5 Å². The highest BCUT2D eigenvalue weighted by Crippen LogP contribution is 2.39. The predicted octanol–water partition coefficient (Wildman–Crippen LogP) is 3.61. The van der Waals surface area contributed by atoms with Crippen molar-refractivity contribution in [3.8, 4) is 5.69 Å². The second-order valence-corrected chi connectivity index (χ2v) is 7.23. The van der Waals surface area contributed by atoms with Crippen LogP contribution in [0.5, 0.6) is 0 Å². The van der Waals surface area contributed by atoms with Crippen molar-refractivity contribution in [2.24, 2.45) is 0 Å². The summed E-state index contributed by atoms with van der Waals surface area (Å²) in [6.45, 7) is 1.96. The summed E-state index contributed by atoms with van der Waals surface area (Å²) in [6, 6.07) is 20.8. The number of ether oxygens (including phenoxy) is 1. The lowest BCUT2D eigenvalue weighted by Crippen LogP contribution is -2.35. The average molecular weight is 389 g/mol. The Morgan fingerprint density at radius 3 is 2.41 bits per heavy atom. The summed E-state index contributed by atoms with van der Waals surface area (Å²) in [6.07, 6.45) is 1.26. The lowest BCUT2D eigenvalue weighted by molar-refractivity contribution is -0.129. The van der Waals surface area contributed by atoms with Gasteiger partial charge in [-0.15, -0.1) is 0 Å². The van der Waals surface area contributed by atoms with Crippen molar-refractivity contribution in [3.63, 3.8) is 0 Å². The SMILES string of the molecule is C[C@H](OC(=O)c1cc(C2CC2)nn1-c1ccccc1)C(=O)NCc1ccccc1. The molecule has 1 aliphatic carbocycles. The van der Waals surface area contributed by atoms with Crippen molar-refractivity contribution < 1.29 is 14.3 Å². The van der Waals surface area contributed by atoms with Gasteiger partial charge in [-0.05, 0) is 43.5 Å². The molecular weight excluding hydrogens is 366 g/mol. The molecular formula is C23H23N3O3. The number of para-hydroxylation sites is 1. The average Bonchev–Trinajstić information content (AvgIpc) is 3.51. The third-order valence-corrected chi connectivity index (χ3v) is 4.90. The van der Waals surface area contributed by atoms with Crippen LogP contribution in [0.1, 0.15) is 47.4 Å². The van der Waals surface area contributed by atoms with Crippen LogP contribution in [-0.4, -0.2) is 27.8 Å². The summed E-state index contributed by atoms with van der Waals surface area (Å²) >= 11 is 0. The molecule has 1 aromatic heterocycles. The van der Waals surface area contributed by atoms with Crippen molar-refractivity contribution in [3.05, 3.63) is 83.7 Å². The van der Waals surface area contributed by atoms with Crippen LogP contribution in [0.2, 0.25) is 0 Å². The van der Waals surface area contributed by atoms with Crippen molar-refractivity contribution in [2.45, 2.75) is 38.3 Å². The molecule has 6 heteroatoms. The van der Waals surface area contributed by atoms with E-state index in [1.54, 1.807) is 17.7 Å². The molecule has 1 fully saturated rings. The minimum Gasteiger partial charge on any atom is -0.448 e. The molecule has 1 N–H and O–H groups in total. The van der Waals surface area contributed by atoms with Crippen LogP contribution in [0.4, 0.5) is 0 Å². The van der Waals surface area contributed by atoms with E-state index in [0.29, 0.717) is 18.2 Å². The maximum atomic E-state index is 12.8. The third-order valence-electron chi connectivity index (χ3n) is 4.90. The van der Waals surface area contributed by atoms with E-state index >= 15 is 0 Å². The molecule has 1 aliphatic rings. The summed E-state index contributed by atoms with van der Waals surface area (Å²) in [7, 11) is 0. The predicted molar refractivity (Wildman–Crippen MR) is 109 cm³/mol. The van der Waals surface area contributed by atoms with Crippen molar-refractivity contribution in [1.29, 1.82) is 0 Å². The summed E-state index contributed by atoms with van der Waals surface area (Å²) in [4.78, 5) is 25.2. The standard InChI is InChI=1S/C23H23N3O3/c1-16(22(27)24-15-17-8-4-2-5-9-17)29-23(28)21-14-20(18-12-13-18)25-26(21)19-10-6-3-7-11-19/h2-11,14,16,18H,12-13,15H2,1H3,(H,24,27)/t16-/m0/s1. The fraction of sp³-hybridized carbons (Fsp3) is 0.261. The van der Waals surface area contributed by atoms with Crippen LogP contribution in [0.3, 0.4) is 0 Å². The zero-order valence-electron chi connectivity index (χ0n) is 16.2. The van der Waals surface area contributed by atoms with Crippen LogP contribution >= 0.6 is 0 Å². The Hall–Kier alpha value is -3.41. The van der Waals surface area contributed by atoms with Crippen molar-refractivity contribution in [2.75, 3.05) is 0 Å². The number of amides is 1. The molecule has 29 heavy (non-hydrogen) atoms. The molecule has 0 saturated heterocycles. The fourth-order valence-corrected chi connectivity index (χ4v) is 3.09. The smallest absolute Gasteiger partial charge is 0.357 e. The van der Waals surface area contributed by atoms with Gasteiger partial charge in [0.1, 0.15) is 0 Å². The van der Waals surface area contributed by atoms with E-state index in [9.17, 15) is 9.59 Å². The van der Waals surface area contributed by atoms with E-state index in [0.717, 1.165) is 29.8 Å². The van der Waals surface area contributed by atoms with Gasteiger partial charge in [0.25, 0.3) is 5.91 Å². The second-order valence-electron chi connectivity index (χ2n) is 7.23. The summed E-state index contributed by atoms with van der Waals surface area (Å²) < 4.78 is 7.05. The van der Waals surface area contributed by atoms with E-state index in [1.807, 2.05) is 60.7 Å². The molecule has 0 aliphatic heterocycles. The van der Waals surface area contributed by atoms with E-state index in [-0.39, 0.29) is 5.91 Å². The van der Waals surface area contributed by atoms with Gasteiger partial charge in [-0.1, -0.05) is 48.5 Å². The highest BCUT2D eigenvalue weighted by molar-refractivity contribution is 5.91. The summed E-state index contributed by atoms with van der Waals surface area (Å²) in [5.74, 6) is -0.496. The Kier molecular flexibility index (Phi) is 5.42. The third kappa shape index (κ3) is 4.54. The minimum absolute atomic E-state index is 0.334. The molecule has 0 spiro atoms. The quantitative estimate of drug-likeness (QED) is 0.627. The minimum atomic E-state index is -0.908. The first-order chi connectivity index (χ1) is 14.1. The van der Waals surface area contributed by atoms with Crippen LogP contribution in [0.25, 0.3) is 5.69 Å². The van der Waals surface area contributed by atoms with Crippen LogP contribution in [0, 0.1) is 0 Å². The Morgan fingerprint density at radius 2 is 1.76 bits per heavy atom. The van der Waals surface area contributed by atoms with Gasteiger partial charge in [-0.2, -0.15) is 5.10 Å². The number of nitrogens with zero attached hydrogens (tertiary/aromatic N) is 2. The van der Waals surface area contributed by atoms with E-state index in [1.165, 1.54) is 0 Å². The maximum Gasteiger partial charge on any atom is 0.357 e. The molecule has 3 aromatic rings. The highest BCUT2D eigenvalue weighted by atomic mass is 16.5. The van der Waals surface area contributed by atoms with E-state index < -0.39 is 12.1 Å². The monoisotopic (exact) mass is 389 g/mol. The van der Waals surface area contributed by atoms with Gasteiger partial charge in [0.05, 0.1) is 11.4 Å². The molecule has 148 valence electrons. The summed E-state index contributed by atoms with van der Waals surface area (Å²) in [5.41, 5.74) is 2.99. The number of carbonyl (C=O) groups is 2. The van der Waals surface area contributed by atoms with Crippen LogP contribution in [-0.2, 0) is 16.1 Å². The van der Waals surface area contributed by atoms with Crippen molar-refractivity contribution >= 4 is 11.9 Å². The second kappa shape index (κ2) is 8.31. The van der Waals surface area contributed by atoms with Gasteiger partial charge in [0.15, 0.2) is 11.8 Å². The largest absolute Gasteiger partial charge is 0.448 e. The Bertz CT molecular complexity index is 995. The number of carbonyl (C=O) groups excluding carboxylic acids is 2. The van der Waals surface area contributed by atoms with Crippen LogP contribution < -0.4 is 5.32 Å². The number of aromatic nitrogens is 2. The van der Waals surface area contributed by atoms with Crippen molar-refractivity contribution in [1.82, 2.24) is 15.1 Å². The first-order valence-corrected chi connectivity index (χ1v) is 9.80. The molecule has 4 rings (SSSR count). The van der Waals surface area contributed by atoms with Gasteiger partial charge in [0.2, 0.25) is 0 Å². The first kappa shape index (κ1) is 18.9. The topological polar surface area (TPSA) is 73.2 Å². The summed E-state index contributed by atoms with van der Waals surface area (Å²) in [5, 5.41) is 7.40. The number of nitrogens with one attached hydrogen (secondary N) is 1.